The largest absolute Gasteiger partial charge is 0.339 e. The second kappa shape index (κ2) is 1.90. The standard InChI is InChI=1S/C8H8F2O/c9-7(11)8(10)4-5-1-2-6(8)3-5/h1-2,5-6H,3-4H2. The highest BCUT2D eigenvalue weighted by Gasteiger charge is 2.54. The number of hydrogen-bond acceptors (Lipinski definition) is 1. The van der Waals surface area contributed by atoms with Crippen molar-refractivity contribution in [2.24, 2.45) is 11.8 Å². The topological polar surface area (TPSA) is 17.1 Å². The lowest BCUT2D eigenvalue weighted by molar-refractivity contribution is -0.143. The van der Waals surface area contributed by atoms with E-state index in [0.29, 0.717) is 6.42 Å². The van der Waals surface area contributed by atoms with Gasteiger partial charge < -0.3 is 0 Å². The highest BCUT2D eigenvalue weighted by molar-refractivity contribution is 5.80. The van der Waals surface area contributed by atoms with Crippen molar-refractivity contribution < 1.29 is 13.6 Å². The summed E-state index contributed by atoms with van der Waals surface area (Å²) in [5.74, 6) is -0.408. The normalized spacial score (nSPS) is 46.7. The predicted molar refractivity (Wildman–Crippen MR) is 35.3 cm³/mol. The summed E-state index contributed by atoms with van der Waals surface area (Å²) in [6.45, 7) is 0. The van der Waals surface area contributed by atoms with Gasteiger partial charge in [-0.2, -0.15) is 4.39 Å². The summed E-state index contributed by atoms with van der Waals surface area (Å²) in [6.07, 6.45) is 4.13. The molecule has 0 radical (unpaired) electrons. The van der Waals surface area contributed by atoms with Crippen molar-refractivity contribution in [2.75, 3.05) is 0 Å². The van der Waals surface area contributed by atoms with Gasteiger partial charge in [0.25, 0.3) is 0 Å². The highest BCUT2D eigenvalue weighted by atomic mass is 19.2. The van der Waals surface area contributed by atoms with Crippen molar-refractivity contribution in [1.29, 1.82) is 0 Å². The Morgan fingerprint density at radius 3 is 2.55 bits per heavy atom. The van der Waals surface area contributed by atoms with E-state index in [4.69, 9.17) is 0 Å². The molecule has 11 heavy (non-hydrogen) atoms. The van der Waals surface area contributed by atoms with Gasteiger partial charge in [0, 0.05) is 5.92 Å². The zero-order valence-corrected chi connectivity index (χ0v) is 5.89. The lowest BCUT2D eigenvalue weighted by Crippen LogP contribution is -2.35. The zero-order valence-electron chi connectivity index (χ0n) is 5.89. The Labute approximate surface area is 63.1 Å². The molecule has 0 aromatic heterocycles. The molecule has 0 aliphatic heterocycles. The van der Waals surface area contributed by atoms with Crippen molar-refractivity contribution in [3.05, 3.63) is 12.2 Å². The van der Waals surface area contributed by atoms with Crippen LogP contribution < -0.4 is 0 Å². The maximum atomic E-state index is 13.4. The number of fused-ring (bicyclic) bond motifs is 2. The molecule has 2 rings (SSSR count). The molecule has 0 saturated heterocycles. The van der Waals surface area contributed by atoms with Crippen molar-refractivity contribution in [2.45, 2.75) is 18.5 Å². The number of halogens is 2. The SMILES string of the molecule is O=C(F)C1(F)CC2C=CC1C2. The van der Waals surface area contributed by atoms with Crippen LogP contribution in [-0.2, 0) is 4.79 Å². The number of rotatable bonds is 1. The minimum absolute atomic E-state index is 0.0451. The Balaban J connectivity index is 2.30. The molecular formula is C8H8F2O. The molecule has 2 bridgehead atoms. The van der Waals surface area contributed by atoms with E-state index in [-0.39, 0.29) is 12.3 Å². The van der Waals surface area contributed by atoms with Crippen LogP contribution in [0.1, 0.15) is 12.8 Å². The summed E-state index contributed by atoms with van der Waals surface area (Å²) in [5.41, 5.74) is -2.18. The first kappa shape index (κ1) is 6.95. The van der Waals surface area contributed by atoms with Gasteiger partial charge in [0.15, 0.2) is 0 Å². The van der Waals surface area contributed by atoms with Gasteiger partial charge in [-0.25, -0.2) is 4.39 Å². The molecule has 1 fully saturated rings. The number of carbonyl (C=O) groups excluding carboxylic acids is 1. The van der Waals surface area contributed by atoms with E-state index in [1.165, 1.54) is 0 Å². The highest BCUT2D eigenvalue weighted by Crippen LogP contribution is 2.49. The summed E-state index contributed by atoms with van der Waals surface area (Å²) in [5, 5.41) is 0. The summed E-state index contributed by atoms with van der Waals surface area (Å²) in [6, 6.07) is -1.80. The van der Waals surface area contributed by atoms with Crippen LogP contribution in [0.3, 0.4) is 0 Å². The number of carbonyl (C=O) groups is 1. The van der Waals surface area contributed by atoms with E-state index in [9.17, 15) is 13.6 Å². The van der Waals surface area contributed by atoms with Crippen LogP contribution in [0, 0.1) is 11.8 Å². The van der Waals surface area contributed by atoms with E-state index in [0.717, 1.165) is 0 Å². The van der Waals surface area contributed by atoms with Crippen molar-refractivity contribution in [1.82, 2.24) is 0 Å². The monoisotopic (exact) mass is 158 g/mol. The summed E-state index contributed by atoms with van der Waals surface area (Å²) < 4.78 is 25.6. The number of hydrogen-bond donors (Lipinski definition) is 0. The molecule has 0 amide bonds. The van der Waals surface area contributed by atoms with Crippen LogP contribution in [-0.4, -0.2) is 11.7 Å². The molecule has 0 aromatic carbocycles. The molecule has 0 N–H and O–H groups in total. The van der Waals surface area contributed by atoms with Gasteiger partial charge >= 0.3 is 6.04 Å². The molecule has 60 valence electrons. The molecular weight excluding hydrogens is 150 g/mol. The fourth-order valence-electron chi connectivity index (χ4n) is 2.02. The van der Waals surface area contributed by atoms with Gasteiger partial charge in [-0.15, -0.1) is 0 Å². The van der Waals surface area contributed by atoms with E-state index in [2.05, 4.69) is 0 Å². The van der Waals surface area contributed by atoms with Crippen LogP contribution >= 0.6 is 0 Å². The van der Waals surface area contributed by atoms with Crippen molar-refractivity contribution >= 4 is 6.04 Å². The van der Waals surface area contributed by atoms with E-state index >= 15 is 0 Å². The molecule has 2 aliphatic carbocycles. The van der Waals surface area contributed by atoms with Gasteiger partial charge in [-0.3, -0.25) is 4.79 Å². The van der Waals surface area contributed by atoms with Gasteiger partial charge in [0.05, 0.1) is 0 Å². The fraction of sp³-hybridized carbons (Fsp3) is 0.625. The summed E-state index contributed by atoms with van der Waals surface area (Å²) in [4.78, 5) is 10.3. The molecule has 0 heterocycles. The molecule has 3 heteroatoms. The smallest absolute Gasteiger partial charge is 0.257 e. The first-order valence-electron chi connectivity index (χ1n) is 3.70. The van der Waals surface area contributed by atoms with Crippen molar-refractivity contribution in [3.63, 3.8) is 0 Å². The van der Waals surface area contributed by atoms with Crippen LogP contribution in [0.2, 0.25) is 0 Å². The lowest BCUT2D eigenvalue weighted by atomic mass is 9.91. The maximum absolute atomic E-state index is 13.4. The van der Waals surface area contributed by atoms with Gasteiger partial charge in [-0.05, 0) is 18.8 Å². The fourth-order valence-corrected chi connectivity index (χ4v) is 2.02. The molecule has 1 nitrogen and oxygen atoms in total. The molecule has 0 spiro atoms. The Morgan fingerprint density at radius 1 is 1.55 bits per heavy atom. The predicted octanol–water partition coefficient (Wildman–Crippen LogP) is 1.79. The third-order valence-corrected chi connectivity index (χ3v) is 2.65. The van der Waals surface area contributed by atoms with Gasteiger partial charge in [0.2, 0.25) is 5.67 Å². The summed E-state index contributed by atoms with van der Waals surface area (Å²) >= 11 is 0. The van der Waals surface area contributed by atoms with Gasteiger partial charge in [-0.1, -0.05) is 12.2 Å². The summed E-state index contributed by atoms with van der Waals surface area (Å²) in [7, 11) is 0. The van der Waals surface area contributed by atoms with Crippen molar-refractivity contribution in [3.8, 4) is 0 Å². The first-order valence-corrected chi connectivity index (χ1v) is 3.70. The quantitative estimate of drug-likeness (QED) is 0.420. The average molecular weight is 158 g/mol. The minimum Gasteiger partial charge on any atom is -0.257 e. The zero-order chi connectivity index (χ0) is 8.06. The average Bonchev–Trinajstić information content (AvgIpc) is 2.45. The molecule has 1 saturated carbocycles. The minimum atomic E-state index is -2.18. The Kier molecular flexibility index (Phi) is 1.20. The Hall–Kier alpha value is -0.730. The lowest BCUT2D eigenvalue weighted by Gasteiger charge is -2.20. The van der Waals surface area contributed by atoms with E-state index in [1.54, 1.807) is 6.08 Å². The second-order valence-electron chi connectivity index (χ2n) is 3.33. The van der Waals surface area contributed by atoms with E-state index < -0.39 is 17.6 Å². The van der Waals surface area contributed by atoms with Crippen LogP contribution in [0.5, 0.6) is 0 Å². The van der Waals surface area contributed by atoms with Gasteiger partial charge in [0.1, 0.15) is 0 Å². The Bertz CT molecular complexity index is 236. The first-order chi connectivity index (χ1) is 5.13. The molecule has 0 aromatic rings. The number of alkyl halides is 1. The number of allylic oxidation sites excluding steroid dienone is 2. The Morgan fingerprint density at radius 2 is 2.27 bits per heavy atom. The molecule has 3 unspecified atom stereocenters. The van der Waals surface area contributed by atoms with E-state index in [1.807, 2.05) is 6.08 Å². The molecule has 2 aliphatic rings. The van der Waals surface area contributed by atoms with Crippen LogP contribution in [0.15, 0.2) is 12.2 Å². The second-order valence-corrected chi connectivity index (χ2v) is 3.33. The third kappa shape index (κ3) is 0.767. The van der Waals surface area contributed by atoms with Crippen LogP contribution in [0.4, 0.5) is 8.78 Å². The van der Waals surface area contributed by atoms with Crippen LogP contribution in [0.25, 0.3) is 0 Å². The maximum Gasteiger partial charge on any atom is 0.339 e. The molecule has 3 atom stereocenters. The third-order valence-electron chi connectivity index (χ3n) is 2.65.